The van der Waals surface area contributed by atoms with Crippen LogP contribution in [0.1, 0.15) is 0 Å². The molecular weight excluding hydrogens is 216 g/mol. The molecule has 0 aliphatic rings. The molecule has 0 radical (unpaired) electrons. The summed E-state index contributed by atoms with van der Waals surface area (Å²) in [7, 11) is 1.51. The molecule has 0 aromatic heterocycles. The van der Waals surface area contributed by atoms with Gasteiger partial charge in [0, 0.05) is 22.5 Å². The number of hydrogen-bond acceptors (Lipinski definition) is 4. The van der Waals surface area contributed by atoms with Gasteiger partial charge in [0.1, 0.15) is 0 Å². The molecule has 0 atom stereocenters. The summed E-state index contributed by atoms with van der Waals surface area (Å²) in [5.41, 5.74) is 14.2. The fourth-order valence-electron chi connectivity index (χ4n) is 1.78. The largest absolute Gasteiger partial charge is 0.504 e. The first-order chi connectivity index (χ1) is 8.13. The van der Waals surface area contributed by atoms with Gasteiger partial charge in [-0.2, -0.15) is 0 Å². The number of nitrogens with two attached hydrogens (primary N) is 2. The van der Waals surface area contributed by atoms with Crippen molar-refractivity contribution in [2.45, 2.75) is 0 Å². The van der Waals surface area contributed by atoms with Crippen LogP contribution in [0.25, 0.3) is 11.1 Å². The van der Waals surface area contributed by atoms with E-state index in [9.17, 15) is 5.11 Å². The molecule has 0 unspecified atom stereocenters. The van der Waals surface area contributed by atoms with Crippen LogP contribution in [0, 0.1) is 0 Å². The minimum atomic E-state index is 0.0845. The Labute approximate surface area is 99.4 Å². The molecule has 2 aromatic carbocycles. The van der Waals surface area contributed by atoms with E-state index in [4.69, 9.17) is 16.2 Å². The Morgan fingerprint density at radius 1 is 1.06 bits per heavy atom. The second-order valence-electron chi connectivity index (χ2n) is 3.70. The van der Waals surface area contributed by atoms with E-state index >= 15 is 0 Å². The van der Waals surface area contributed by atoms with Crippen LogP contribution >= 0.6 is 0 Å². The van der Waals surface area contributed by atoms with Gasteiger partial charge in [0.2, 0.25) is 0 Å². The maximum Gasteiger partial charge on any atom is 0.168 e. The Balaban J connectivity index is 2.64. The van der Waals surface area contributed by atoms with Crippen LogP contribution in [0.4, 0.5) is 11.4 Å². The first-order valence-electron chi connectivity index (χ1n) is 5.15. The highest BCUT2D eigenvalue weighted by atomic mass is 16.5. The van der Waals surface area contributed by atoms with Crippen molar-refractivity contribution in [1.82, 2.24) is 0 Å². The molecule has 0 fully saturated rings. The van der Waals surface area contributed by atoms with Crippen LogP contribution < -0.4 is 16.2 Å². The summed E-state index contributed by atoms with van der Waals surface area (Å²) in [6.45, 7) is 0. The average molecular weight is 230 g/mol. The lowest BCUT2D eigenvalue weighted by molar-refractivity contribution is 0.375. The molecule has 0 aliphatic carbocycles. The standard InChI is InChI=1S/C13H14N2O2/c1-17-13-10(3-2-4-12(13)16)9-6-5-8(14)7-11(9)15/h2-7,16H,14-15H2,1H3. The van der Waals surface area contributed by atoms with Gasteiger partial charge < -0.3 is 21.3 Å². The topological polar surface area (TPSA) is 81.5 Å². The van der Waals surface area contributed by atoms with Crippen molar-refractivity contribution in [3.63, 3.8) is 0 Å². The number of phenols is 1. The molecule has 0 saturated heterocycles. The third-order valence-corrected chi connectivity index (χ3v) is 2.56. The molecule has 0 spiro atoms. The quantitative estimate of drug-likeness (QED) is 0.691. The Morgan fingerprint density at radius 3 is 2.47 bits per heavy atom. The summed E-state index contributed by atoms with van der Waals surface area (Å²) in [5, 5.41) is 9.71. The number of benzene rings is 2. The summed E-state index contributed by atoms with van der Waals surface area (Å²) >= 11 is 0. The summed E-state index contributed by atoms with van der Waals surface area (Å²) in [4.78, 5) is 0. The van der Waals surface area contributed by atoms with E-state index in [1.165, 1.54) is 7.11 Å². The van der Waals surface area contributed by atoms with Crippen LogP contribution in [-0.2, 0) is 0 Å². The molecule has 0 saturated carbocycles. The van der Waals surface area contributed by atoms with Crippen LogP contribution in [0.5, 0.6) is 11.5 Å². The van der Waals surface area contributed by atoms with Crippen molar-refractivity contribution in [2.75, 3.05) is 18.6 Å². The third-order valence-electron chi connectivity index (χ3n) is 2.56. The van der Waals surface area contributed by atoms with Crippen LogP contribution in [0.15, 0.2) is 36.4 Å². The fraction of sp³-hybridized carbons (Fsp3) is 0.0769. The molecule has 2 aromatic rings. The normalized spacial score (nSPS) is 10.2. The number of phenolic OH excluding ortho intramolecular Hbond substituents is 1. The first kappa shape index (κ1) is 11.1. The van der Waals surface area contributed by atoms with Crippen molar-refractivity contribution in [3.05, 3.63) is 36.4 Å². The highest BCUT2D eigenvalue weighted by Gasteiger charge is 2.12. The molecule has 0 bridgehead atoms. The molecule has 0 amide bonds. The van der Waals surface area contributed by atoms with Crippen LogP contribution in [0.2, 0.25) is 0 Å². The van der Waals surface area contributed by atoms with Crippen LogP contribution in [-0.4, -0.2) is 12.2 Å². The zero-order valence-electron chi connectivity index (χ0n) is 9.47. The third kappa shape index (κ3) is 1.97. The number of methoxy groups -OCH3 is 1. The average Bonchev–Trinajstić information content (AvgIpc) is 2.29. The highest BCUT2D eigenvalue weighted by molar-refractivity contribution is 5.83. The van der Waals surface area contributed by atoms with Gasteiger partial charge in [-0.3, -0.25) is 0 Å². The predicted molar refractivity (Wildman–Crippen MR) is 68.9 cm³/mol. The summed E-state index contributed by atoms with van der Waals surface area (Å²) in [6.07, 6.45) is 0. The van der Waals surface area contributed by atoms with Crippen molar-refractivity contribution >= 4 is 11.4 Å². The lowest BCUT2D eigenvalue weighted by atomic mass is 10.0. The number of hydrogen-bond donors (Lipinski definition) is 3. The second kappa shape index (κ2) is 4.25. The van der Waals surface area contributed by atoms with Gasteiger partial charge in [-0.1, -0.05) is 18.2 Å². The van der Waals surface area contributed by atoms with E-state index in [2.05, 4.69) is 0 Å². The SMILES string of the molecule is COc1c(O)cccc1-c1ccc(N)cc1N. The first-order valence-corrected chi connectivity index (χ1v) is 5.15. The predicted octanol–water partition coefficient (Wildman–Crippen LogP) is 2.23. The van der Waals surface area contributed by atoms with Crippen molar-refractivity contribution in [2.24, 2.45) is 0 Å². The molecular formula is C13H14N2O2. The van der Waals surface area contributed by atoms with Gasteiger partial charge in [-0.25, -0.2) is 0 Å². The van der Waals surface area contributed by atoms with Gasteiger partial charge >= 0.3 is 0 Å². The van der Waals surface area contributed by atoms with Gasteiger partial charge in [0.25, 0.3) is 0 Å². The molecule has 0 aliphatic heterocycles. The van der Waals surface area contributed by atoms with Crippen LogP contribution in [0.3, 0.4) is 0 Å². The molecule has 4 nitrogen and oxygen atoms in total. The number of aromatic hydroxyl groups is 1. The summed E-state index contributed by atoms with van der Waals surface area (Å²) in [6, 6.07) is 10.4. The molecule has 0 heterocycles. The highest BCUT2D eigenvalue weighted by Crippen LogP contribution is 2.39. The summed E-state index contributed by atoms with van der Waals surface area (Å²) in [5.74, 6) is 0.491. The van der Waals surface area contributed by atoms with Gasteiger partial charge in [-0.15, -0.1) is 0 Å². The van der Waals surface area contributed by atoms with E-state index in [1.807, 2.05) is 12.1 Å². The fourth-order valence-corrected chi connectivity index (χ4v) is 1.78. The Morgan fingerprint density at radius 2 is 1.82 bits per heavy atom. The van der Waals surface area contributed by atoms with Gasteiger partial charge in [0.15, 0.2) is 11.5 Å². The maximum absolute atomic E-state index is 9.71. The minimum absolute atomic E-state index is 0.0845. The smallest absolute Gasteiger partial charge is 0.168 e. The van der Waals surface area contributed by atoms with E-state index in [0.717, 1.165) is 11.1 Å². The number of nitrogen functional groups attached to an aromatic ring is 2. The Hall–Kier alpha value is -2.36. The zero-order valence-corrected chi connectivity index (χ0v) is 9.47. The van der Waals surface area contributed by atoms with Gasteiger partial charge in [-0.05, 0) is 18.2 Å². The van der Waals surface area contributed by atoms with Crippen molar-refractivity contribution in [3.8, 4) is 22.6 Å². The van der Waals surface area contributed by atoms with Crippen molar-refractivity contribution in [1.29, 1.82) is 0 Å². The van der Waals surface area contributed by atoms with E-state index in [-0.39, 0.29) is 5.75 Å². The number of ether oxygens (including phenoxy) is 1. The van der Waals surface area contributed by atoms with E-state index in [1.54, 1.807) is 24.3 Å². The molecule has 88 valence electrons. The lowest BCUT2D eigenvalue weighted by Crippen LogP contribution is -1.95. The molecule has 4 heteroatoms. The monoisotopic (exact) mass is 230 g/mol. The van der Waals surface area contributed by atoms with E-state index < -0.39 is 0 Å². The number of para-hydroxylation sites is 1. The Kier molecular flexibility index (Phi) is 2.78. The molecule has 2 rings (SSSR count). The lowest BCUT2D eigenvalue weighted by Gasteiger charge is -2.12. The second-order valence-corrected chi connectivity index (χ2v) is 3.70. The molecule has 5 N–H and O–H groups in total. The maximum atomic E-state index is 9.71. The van der Waals surface area contributed by atoms with Crippen molar-refractivity contribution < 1.29 is 9.84 Å². The minimum Gasteiger partial charge on any atom is -0.504 e. The number of anilines is 2. The van der Waals surface area contributed by atoms with Gasteiger partial charge in [0.05, 0.1) is 7.11 Å². The summed E-state index contributed by atoms with van der Waals surface area (Å²) < 4.78 is 5.18. The number of rotatable bonds is 2. The van der Waals surface area contributed by atoms with E-state index in [0.29, 0.717) is 17.1 Å². The zero-order chi connectivity index (χ0) is 12.4. The Bertz CT molecular complexity index is 553. The molecule has 17 heavy (non-hydrogen) atoms.